The van der Waals surface area contributed by atoms with Gasteiger partial charge in [0.25, 0.3) is 5.69 Å². The van der Waals surface area contributed by atoms with E-state index in [1.807, 2.05) is 0 Å². The quantitative estimate of drug-likeness (QED) is 0.666. The lowest BCUT2D eigenvalue weighted by Crippen LogP contribution is -2.26. The molecule has 4 nitrogen and oxygen atoms in total. The van der Waals surface area contributed by atoms with E-state index in [1.165, 1.54) is 6.07 Å². The molecular weight excluding hydrogens is 261 g/mol. The molecule has 0 atom stereocenters. The number of alkyl halides is 3. The van der Waals surface area contributed by atoms with Gasteiger partial charge in [-0.2, -0.15) is 13.2 Å². The number of non-ortho nitro benzene ring substituents is 1. The summed E-state index contributed by atoms with van der Waals surface area (Å²) < 4.78 is 38.2. The number of nitro benzene ring substituents is 1. The monoisotopic (exact) mass is 274 g/mol. The van der Waals surface area contributed by atoms with E-state index in [9.17, 15) is 23.3 Å². The van der Waals surface area contributed by atoms with Gasteiger partial charge >= 0.3 is 6.18 Å². The number of hydrogen-bond acceptors (Lipinski definition) is 3. The van der Waals surface area contributed by atoms with Crippen molar-refractivity contribution in [3.8, 4) is 0 Å². The number of halogens is 3. The molecule has 0 bridgehead atoms. The van der Waals surface area contributed by atoms with Gasteiger partial charge in [0.2, 0.25) is 0 Å². The van der Waals surface area contributed by atoms with Crippen LogP contribution in [-0.4, -0.2) is 18.0 Å². The molecule has 104 valence electrons. The first-order valence-electron chi connectivity index (χ1n) is 5.95. The highest BCUT2D eigenvalue weighted by molar-refractivity contribution is 5.42. The van der Waals surface area contributed by atoms with Crippen LogP contribution in [0.4, 0.5) is 18.9 Å². The predicted molar refractivity (Wildman–Crippen MR) is 62.9 cm³/mol. The zero-order valence-corrected chi connectivity index (χ0v) is 10.0. The maximum absolute atomic E-state index is 12.7. The number of nitro groups is 1. The Bertz CT molecular complexity index is 482. The van der Waals surface area contributed by atoms with E-state index in [1.54, 1.807) is 0 Å². The summed E-state index contributed by atoms with van der Waals surface area (Å²) in [6, 6.07) is 2.87. The maximum atomic E-state index is 12.7. The molecule has 1 aromatic carbocycles. The summed E-state index contributed by atoms with van der Waals surface area (Å²) in [6.07, 6.45) is -3.18. The lowest BCUT2D eigenvalue weighted by atomic mass is 9.89. The van der Waals surface area contributed by atoms with E-state index in [-0.39, 0.29) is 5.92 Å². The van der Waals surface area contributed by atoms with Crippen molar-refractivity contribution in [2.75, 3.05) is 13.1 Å². The third-order valence-electron chi connectivity index (χ3n) is 3.29. The van der Waals surface area contributed by atoms with Crippen molar-refractivity contribution >= 4 is 5.69 Å². The van der Waals surface area contributed by atoms with Gasteiger partial charge in [-0.1, -0.05) is 0 Å². The van der Waals surface area contributed by atoms with Crippen LogP contribution in [0.3, 0.4) is 0 Å². The number of nitrogens with one attached hydrogen (secondary N) is 1. The van der Waals surface area contributed by atoms with Crippen LogP contribution in [0.2, 0.25) is 0 Å². The van der Waals surface area contributed by atoms with Gasteiger partial charge in [0, 0.05) is 12.1 Å². The minimum absolute atomic E-state index is 0.0535. The van der Waals surface area contributed by atoms with Crippen molar-refractivity contribution in [1.29, 1.82) is 0 Å². The molecular formula is C12H13F3N2O2. The first-order chi connectivity index (χ1) is 8.88. The summed E-state index contributed by atoms with van der Waals surface area (Å²) in [5, 5.41) is 13.9. The lowest BCUT2D eigenvalue weighted by molar-refractivity contribution is -0.385. The number of piperidine rings is 1. The zero-order valence-electron chi connectivity index (χ0n) is 10.0. The number of nitrogens with zero attached hydrogens (tertiary/aromatic N) is 1. The van der Waals surface area contributed by atoms with E-state index in [4.69, 9.17) is 0 Å². The summed E-state index contributed by atoms with van der Waals surface area (Å²) in [7, 11) is 0. The molecule has 7 heteroatoms. The Labute approximate surface area is 107 Å². The van der Waals surface area contributed by atoms with Gasteiger partial charge in [0.1, 0.15) is 0 Å². The fraction of sp³-hybridized carbons (Fsp3) is 0.500. The van der Waals surface area contributed by atoms with Crippen molar-refractivity contribution in [3.63, 3.8) is 0 Å². The van der Waals surface area contributed by atoms with Gasteiger partial charge in [0.05, 0.1) is 10.5 Å². The van der Waals surface area contributed by atoms with Gasteiger partial charge in [0.15, 0.2) is 0 Å². The Balaban J connectivity index is 2.41. The maximum Gasteiger partial charge on any atom is 0.416 e. The molecule has 0 unspecified atom stereocenters. The summed E-state index contributed by atoms with van der Waals surface area (Å²) >= 11 is 0. The predicted octanol–water partition coefficient (Wildman–Crippen LogP) is 3.08. The second-order valence-corrected chi connectivity index (χ2v) is 4.59. The van der Waals surface area contributed by atoms with Crippen LogP contribution < -0.4 is 5.32 Å². The lowest BCUT2D eigenvalue weighted by Gasteiger charge is -2.23. The minimum Gasteiger partial charge on any atom is -0.317 e. The molecule has 0 amide bonds. The molecule has 0 spiro atoms. The molecule has 0 saturated carbocycles. The normalized spacial score (nSPS) is 17.4. The number of rotatable bonds is 2. The van der Waals surface area contributed by atoms with Crippen LogP contribution in [0.1, 0.15) is 29.9 Å². The fourth-order valence-electron chi connectivity index (χ4n) is 2.29. The van der Waals surface area contributed by atoms with Gasteiger partial charge in [-0.05, 0) is 43.5 Å². The summed E-state index contributed by atoms with van der Waals surface area (Å²) in [5.41, 5.74) is -1.04. The van der Waals surface area contributed by atoms with Crippen LogP contribution >= 0.6 is 0 Å². The van der Waals surface area contributed by atoms with Crippen LogP contribution in [0.25, 0.3) is 0 Å². The van der Waals surface area contributed by atoms with Crippen molar-refractivity contribution < 1.29 is 18.1 Å². The Morgan fingerprint density at radius 1 is 1.21 bits per heavy atom. The molecule has 1 aliphatic heterocycles. The molecule has 1 saturated heterocycles. The molecule has 1 heterocycles. The Morgan fingerprint density at radius 3 is 2.37 bits per heavy atom. The first kappa shape index (κ1) is 13.8. The van der Waals surface area contributed by atoms with Crippen molar-refractivity contribution in [2.24, 2.45) is 0 Å². The molecule has 1 aliphatic rings. The van der Waals surface area contributed by atoms with E-state index >= 15 is 0 Å². The first-order valence-corrected chi connectivity index (χ1v) is 5.95. The number of benzene rings is 1. The summed E-state index contributed by atoms with van der Waals surface area (Å²) in [4.78, 5) is 9.96. The van der Waals surface area contributed by atoms with Gasteiger partial charge < -0.3 is 5.32 Å². The highest BCUT2D eigenvalue weighted by Gasteiger charge is 2.33. The standard InChI is InChI=1S/C12H13F3N2O2/c13-12(14,15)10-5-9(6-11(7-10)17(18)19)8-1-3-16-4-2-8/h5-8,16H,1-4H2. The molecule has 0 radical (unpaired) electrons. The average molecular weight is 274 g/mol. The average Bonchev–Trinajstić information content (AvgIpc) is 2.38. The van der Waals surface area contributed by atoms with Crippen LogP contribution in [0.5, 0.6) is 0 Å². The highest BCUT2D eigenvalue weighted by Crippen LogP contribution is 2.36. The van der Waals surface area contributed by atoms with Gasteiger partial charge in [-0.3, -0.25) is 10.1 Å². The van der Waals surface area contributed by atoms with E-state index in [0.29, 0.717) is 37.6 Å². The van der Waals surface area contributed by atoms with Gasteiger partial charge in [-0.15, -0.1) is 0 Å². The molecule has 1 fully saturated rings. The van der Waals surface area contributed by atoms with Crippen LogP contribution in [0, 0.1) is 10.1 Å². The van der Waals surface area contributed by atoms with Crippen LogP contribution in [0.15, 0.2) is 18.2 Å². The fourth-order valence-corrected chi connectivity index (χ4v) is 2.29. The molecule has 0 aliphatic carbocycles. The van der Waals surface area contributed by atoms with Gasteiger partial charge in [-0.25, -0.2) is 0 Å². The third kappa shape index (κ3) is 3.23. The van der Waals surface area contributed by atoms with E-state index in [0.717, 1.165) is 6.07 Å². The molecule has 1 aromatic rings. The topological polar surface area (TPSA) is 55.2 Å². The molecule has 2 rings (SSSR count). The third-order valence-corrected chi connectivity index (χ3v) is 3.29. The van der Waals surface area contributed by atoms with E-state index < -0.39 is 22.4 Å². The Kier molecular flexibility index (Phi) is 3.75. The smallest absolute Gasteiger partial charge is 0.317 e. The van der Waals surface area contributed by atoms with Crippen molar-refractivity contribution in [3.05, 3.63) is 39.4 Å². The second kappa shape index (κ2) is 5.16. The Morgan fingerprint density at radius 2 is 1.84 bits per heavy atom. The second-order valence-electron chi connectivity index (χ2n) is 4.59. The molecule has 19 heavy (non-hydrogen) atoms. The highest BCUT2D eigenvalue weighted by atomic mass is 19.4. The summed E-state index contributed by atoms with van der Waals surface area (Å²) in [5.74, 6) is -0.0535. The van der Waals surface area contributed by atoms with Crippen molar-refractivity contribution in [1.82, 2.24) is 5.32 Å². The SMILES string of the molecule is O=[N+]([O-])c1cc(C2CCNCC2)cc(C(F)(F)F)c1. The van der Waals surface area contributed by atoms with Crippen molar-refractivity contribution in [2.45, 2.75) is 24.9 Å². The molecule has 1 N–H and O–H groups in total. The van der Waals surface area contributed by atoms with E-state index in [2.05, 4.69) is 5.32 Å². The minimum atomic E-state index is -4.56. The Hall–Kier alpha value is -1.63. The summed E-state index contributed by atoms with van der Waals surface area (Å²) in [6.45, 7) is 1.43. The van der Waals surface area contributed by atoms with Crippen LogP contribution in [-0.2, 0) is 6.18 Å². The largest absolute Gasteiger partial charge is 0.416 e. The number of hydrogen-bond donors (Lipinski definition) is 1. The molecule has 0 aromatic heterocycles. The zero-order chi connectivity index (χ0) is 14.0.